The molecule has 0 aliphatic carbocycles. The zero-order valence-electron chi connectivity index (χ0n) is 12.3. The maximum absolute atomic E-state index is 12.5. The molecule has 5 nitrogen and oxygen atoms in total. The predicted octanol–water partition coefficient (Wildman–Crippen LogP) is 2.76. The molecule has 22 heavy (non-hydrogen) atoms. The van der Waals surface area contributed by atoms with Gasteiger partial charge in [-0.25, -0.2) is 0 Å². The van der Waals surface area contributed by atoms with Crippen molar-refractivity contribution in [3.8, 4) is 0 Å². The zero-order valence-corrected chi connectivity index (χ0v) is 12.3. The van der Waals surface area contributed by atoms with Crippen LogP contribution in [-0.2, 0) is 4.79 Å². The Bertz CT molecular complexity index is 772. The van der Waals surface area contributed by atoms with Crippen molar-refractivity contribution in [2.24, 2.45) is 10.2 Å². The van der Waals surface area contributed by atoms with Crippen LogP contribution in [0.4, 0.5) is 5.69 Å². The van der Waals surface area contributed by atoms with Crippen molar-refractivity contribution in [2.75, 3.05) is 11.4 Å². The van der Waals surface area contributed by atoms with Crippen LogP contribution in [-0.4, -0.2) is 28.9 Å². The number of H-pyrrole nitrogens is 1. The number of nitrogens with zero attached hydrogens (tertiary/aromatic N) is 3. The summed E-state index contributed by atoms with van der Waals surface area (Å²) < 4.78 is 0. The second-order valence-electron chi connectivity index (χ2n) is 4.94. The van der Waals surface area contributed by atoms with Gasteiger partial charge in [-0.1, -0.05) is 24.3 Å². The minimum absolute atomic E-state index is 0.149. The number of hydrogen-bond donors (Lipinski definition) is 1. The van der Waals surface area contributed by atoms with Gasteiger partial charge in [0.1, 0.15) is 0 Å². The van der Waals surface area contributed by atoms with Gasteiger partial charge >= 0.3 is 0 Å². The molecule has 0 atom stereocenters. The number of aromatic nitrogens is 1. The van der Waals surface area contributed by atoms with Crippen LogP contribution in [0.5, 0.6) is 0 Å². The van der Waals surface area contributed by atoms with E-state index in [9.17, 15) is 4.79 Å². The third-order valence-electron chi connectivity index (χ3n) is 3.50. The second-order valence-corrected chi connectivity index (χ2v) is 4.94. The first-order valence-corrected chi connectivity index (χ1v) is 7.00. The van der Waals surface area contributed by atoms with Crippen molar-refractivity contribution < 1.29 is 4.79 Å². The molecule has 1 aromatic heterocycles. The van der Waals surface area contributed by atoms with E-state index in [1.165, 1.54) is 0 Å². The van der Waals surface area contributed by atoms with E-state index < -0.39 is 0 Å². The van der Waals surface area contributed by atoms with E-state index in [1.54, 1.807) is 11.0 Å². The summed E-state index contributed by atoms with van der Waals surface area (Å²) in [7, 11) is 0. The highest BCUT2D eigenvalue weighted by atomic mass is 16.2. The molecule has 0 saturated heterocycles. The van der Waals surface area contributed by atoms with E-state index in [0.717, 1.165) is 22.7 Å². The number of benzene rings is 1. The molecular weight excluding hydrogens is 276 g/mol. The maximum atomic E-state index is 12.5. The van der Waals surface area contributed by atoms with E-state index in [4.69, 9.17) is 0 Å². The summed E-state index contributed by atoms with van der Waals surface area (Å²) in [5.41, 5.74) is 3.62. The number of aromatic amines is 1. The molecule has 0 fully saturated rings. The highest BCUT2D eigenvalue weighted by Crippen LogP contribution is 2.29. The molecule has 1 aliphatic rings. The number of carbonyl (C=O) groups excluding carboxylic acids is 1. The number of rotatable bonds is 4. The second kappa shape index (κ2) is 5.81. The zero-order chi connectivity index (χ0) is 15.5. The number of hydrogen-bond acceptors (Lipinski definition) is 3. The molecule has 0 bridgehead atoms. The van der Waals surface area contributed by atoms with Crippen molar-refractivity contribution in [2.45, 2.75) is 6.92 Å². The Labute approximate surface area is 128 Å². The summed E-state index contributed by atoms with van der Waals surface area (Å²) in [6, 6.07) is 11.4. The smallest absolute Gasteiger partial charge is 0.279 e. The first kappa shape index (κ1) is 14.0. The summed E-state index contributed by atoms with van der Waals surface area (Å²) in [5, 5.41) is 8.39. The number of carbonyl (C=O) groups is 1. The summed E-state index contributed by atoms with van der Waals surface area (Å²) in [5.74, 6) is -0.149. The number of amides is 1. The summed E-state index contributed by atoms with van der Waals surface area (Å²) >= 11 is 0. The van der Waals surface area contributed by atoms with Crippen LogP contribution in [0, 0.1) is 0 Å². The van der Waals surface area contributed by atoms with Gasteiger partial charge in [0.15, 0.2) is 5.71 Å². The standard InChI is InChI=1S/C17H16N4O/c1-3-11-21-15-9-5-4-7-13(15)16(17(21)22)20-19-12(2)14-8-6-10-18-14/h3-10,18H,1,11H2,2H3/b19-12+,20-16-. The van der Waals surface area contributed by atoms with Gasteiger partial charge in [0, 0.05) is 18.3 Å². The van der Waals surface area contributed by atoms with Crippen molar-refractivity contribution in [1.29, 1.82) is 0 Å². The lowest BCUT2D eigenvalue weighted by atomic mass is 10.1. The van der Waals surface area contributed by atoms with Crippen molar-refractivity contribution >= 4 is 23.0 Å². The van der Waals surface area contributed by atoms with Crippen LogP contribution in [0.2, 0.25) is 0 Å². The third kappa shape index (κ3) is 2.37. The first-order chi connectivity index (χ1) is 10.7. The quantitative estimate of drug-likeness (QED) is 0.526. The normalized spacial score (nSPS) is 16.2. The van der Waals surface area contributed by atoms with Gasteiger partial charge in [-0.05, 0) is 25.1 Å². The average molecular weight is 292 g/mol. The number of nitrogens with one attached hydrogen (secondary N) is 1. The lowest BCUT2D eigenvalue weighted by Gasteiger charge is -2.13. The van der Waals surface area contributed by atoms with Crippen molar-refractivity contribution in [1.82, 2.24) is 4.98 Å². The molecule has 5 heteroatoms. The van der Waals surface area contributed by atoms with Crippen LogP contribution in [0.1, 0.15) is 18.2 Å². The molecule has 1 N–H and O–H groups in total. The summed E-state index contributed by atoms with van der Waals surface area (Å²) in [6.45, 7) is 6.00. The fraction of sp³-hybridized carbons (Fsp3) is 0.118. The molecule has 2 aromatic rings. The van der Waals surface area contributed by atoms with E-state index in [1.807, 2.05) is 49.5 Å². The van der Waals surface area contributed by atoms with Crippen LogP contribution in [0.3, 0.4) is 0 Å². The van der Waals surface area contributed by atoms with Gasteiger partial charge in [0.2, 0.25) is 0 Å². The highest BCUT2D eigenvalue weighted by molar-refractivity contribution is 6.54. The molecule has 0 radical (unpaired) electrons. The minimum atomic E-state index is -0.149. The summed E-state index contributed by atoms with van der Waals surface area (Å²) in [4.78, 5) is 17.2. The fourth-order valence-electron chi connectivity index (χ4n) is 2.40. The Morgan fingerprint density at radius 1 is 1.32 bits per heavy atom. The lowest BCUT2D eigenvalue weighted by Crippen LogP contribution is -2.30. The van der Waals surface area contributed by atoms with Gasteiger partial charge < -0.3 is 9.88 Å². The number of fused-ring (bicyclic) bond motifs is 1. The molecule has 1 aliphatic heterocycles. The molecule has 0 saturated carbocycles. The first-order valence-electron chi connectivity index (χ1n) is 7.00. The minimum Gasteiger partial charge on any atom is -0.360 e. The third-order valence-corrected chi connectivity index (χ3v) is 3.50. The topological polar surface area (TPSA) is 60.8 Å². The Kier molecular flexibility index (Phi) is 3.70. The predicted molar refractivity (Wildman–Crippen MR) is 88.5 cm³/mol. The van der Waals surface area contributed by atoms with Crippen molar-refractivity contribution in [3.05, 3.63) is 66.5 Å². The van der Waals surface area contributed by atoms with E-state index in [0.29, 0.717) is 12.3 Å². The Morgan fingerprint density at radius 3 is 2.86 bits per heavy atom. The van der Waals surface area contributed by atoms with E-state index >= 15 is 0 Å². The molecule has 110 valence electrons. The monoisotopic (exact) mass is 292 g/mol. The van der Waals surface area contributed by atoms with Crippen LogP contribution >= 0.6 is 0 Å². The lowest BCUT2D eigenvalue weighted by molar-refractivity contribution is -0.112. The van der Waals surface area contributed by atoms with Crippen LogP contribution < -0.4 is 4.90 Å². The fourth-order valence-corrected chi connectivity index (χ4v) is 2.40. The molecular formula is C17H16N4O. The van der Waals surface area contributed by atoms with Gasteiger partial charge in [-0.15, -0.1) is 11.7 Å². The number of para-hydroxylation sites is 1. The van der Waals surface area contributed by atoms with Crippen LogP contribution in [0.15, 0.2) is 65.5 Å². The molecule has 3 rings (SSSR count). The largest absolute Gasteiger partial charge is 0.360 e. The molecule has 2 heterocycles. The van der Waals surface area contributed by atoms with Crippen molar-refractivity contribution in [3.63, 3.8) is 0 Å². The molecule has 1 aromatic carbocycles. The number of anilines is 1. The molecule has 0 spiro atoms. The van der Waals surface area contributed by atoms with Gasteiger partial charge in [-0.2, -0.15) is 5.10 Å². The summed E-state index contributed by atoms with van der Waals surface area (Å²) in [6.07, 6.45) is 3.52. The van der Waals surface area contributed by atoms with Gasteiger partial charge in [-0.3, -0.25) is 4.79 Å². The molecule has 1 amide bonds. The van der Waals surface area contributed by atoms with Gasteiger partial charge in [0.25, 0.3) is 5.91 Å². The Hall–Kier alpha value is -2.95. The van der Waals surface area contributed by atoms with E-state index in [2.05, 4.69) is 21.8 Å². The average Bonchev–Trinajstić information content (AvgIpc) is 3.14. The maximum Gasteiger partial charge on any atom is 0.279 e. The van der Waals surface area contributed by atoms with Crippen LogP contribution in [0.25, 0.3) is 0 Å². The SMILES string of the molecule is C=CCN1C(=O)/C(=N\N=C(/C)c2ccc[nH]2)c2ccccc21. The van der Waals surface area contributed by atoms with Gasteiger partial charge in [0.05, 0.1) is 17.1 Å². The Morgan fingerprint density at radius 2 is 2.14 bits per heavy atom. The highest BCUT2D eigenvalue weighted by Gasteiger charge is 2.33. The molecule has 0 unspecified atom stereocenters. The Balaban J connectivity index is 2.00. The van der Waals surface area contributed by atoms with E-state index in [-0.39, 0.29) is 5.91 Å².